The third kappa shape index (κ3) is 1.52. The number of fused-ring (bicyclic) bond motifs is 1. The van der Waals surface area contributed by atoms with Crippen LogP contribution in [0.2, 0.25) is 5.02 Å². The van der Waals surface area contributed by atoms with Crippen molar-refractivity contribution in [2.45, 2.75) is 0 Å². The normalized spacial score (nSPS) is 10.9. The van der Waals surface area contributed by atoms with Crippen LogP contribution in [0.5, 0.6) is 0 Å². The van der Waals surface area contributed by atoms with Gasteiger partial charge in [0.25, 0.3) is 0 Å². The average Bonchev–Trinajstić information content (AvgIpc) is 2.47. The fourth-order valence-corrected chi connectivity index (χ4v) is 2.59. The predicted molar refractivity (Wildman–Crippen MR) is 56.6 cm³/mol. The molecule has 2 N–H and O–H groups in total. The van der Waals surface area contributed by atoms with Gasteiger partial charge in [-0.15, -0.1) is 11.3 Å². The summed E-state index contributed by atoms with van der Waals surface area (Å²) >= 11 is 7.05. The first kappa shape index (κ1) is 9.92. The lowest BCUT2D eigenvalue weighted by Gasteiger charge is -1.98. The Bertz CT molecular complexity index is 485. The third-order valence-corrected chi connectivity index (χ3v) is 3.36. The summed E-state index contributed by atoms with van der Waals surface area (Å²) in [5.74, 6) is -0.484. The van der Waals surface area contributed by atoms with Crippen molar-refractivity contribution < 1.29 is 14.4 Å². The molecule has 1 heterocycles. The molecule has 0 bridgehead atoms. The van der Waals surface area contributed by atoms with Crippen LogP contribution in [0, 0.1) is 5.82 Å². The second kappa shape index (κ2) is 3.51. The summed E-state index contributed by atoms with van der Waals surface area (Å²) in [5, 5.41) is 20.3. The highest BCUT2D eigenvalue weighted by molar-refractivity contribution is 7.19. The first-order chi connectivity index (χ1) is 6.59. The van der Waals surface area contributed by atoms with Crippen molar-refractivity contribution in [3.8, 4) is 0 Å². The van der Waals surface area contributed by atoms with Gasteiger partial charge in [-0.05, 0) is 22.9 Å². The SMILES string of the molecule is OB(O)c1csc2c(Cl)cc(F)cc12. The van der Waals surface area contributed by atoms with E-state index in [0.29, 0.717) is 10.1 Å². The maximum absolute atomic E-state index is 13.0. The number of halogens is 2. The monoisotopic (exact) mass is 230 g/mol. The molecule has 0 saturated carbocycles. The molecule has 0 aliphatic carbocycles. The zero-order chi connectivity index (χ0) is 10.3. The first-order valence-electron chi connectivity index (χ1n) is 3.82. The molecule has 1 aromatic carbocycles. The fraction of sp³-hybridized carbons (Fsp3) is 0. The number of hydrogen-bond donors (Lipinski definition) is 2. The van der Waals surface area contributed by atoms with Crippen molar-refractivity contribution in [1.29, 1.82) is 0 Å². The Morgan fingerprint density at radius 3 is 2.71 bits per heavy atom. The van der Waals surface area contributed by atoms with E-state index in [1.807, 2.05) is 0 Å². The van der Waals surface area contributed by atoms with E-state index in [4.69, 9.17) is 21.6 Å². The van der Waals surface area contributed by atoms with Crippen LogP contribution in [0.1, 0.15) is 0 Å². The van der Waals surface area contributed by atoms with Crippen LogP contribution in [0.25, 0.3) is 10.1 Å². The lowest BCUT2D eigenvalue weighted by Crippen LogP contribution is -2.28. The smallest absolute Gasteiger partial charge is 0.423 e. The molecule has 0 saturated heterocycles. The summed E-state index contributed by atoms with van der Waals surface area (Å²) in [6.07, 6.45) is 0. The van der Waals surface area contributed by atoms with E-state index >= 15 is 0 Å². The molecule has 2 aromatic rings. The van der Waals surface area contributed by atoms with Gasteiger partial charge in [0.15, 0.2) is 0 Å². The van der Waals surface area contributed by atoms with Gasteiger partial charge < -0.3 is 10.0 Å². The first-order valence-corrected chi connectivity index (χ1v) is 5.07. The van der Waals surface area contributed by atoms with Gasteiger partial charge in [-0.25, -0.2) is 4.39 Å². The van der Waals surface area contributed by atoms with Crippen molar-refractivity contribution in [3.63, 3.8) is 0 Å². The molecule has 0 aliphatic heterocycles. The largest absolute Gasteiger partial charge is 0.489 e. The van der Waals surface area contributed by atoms with Crippen LogP contribution in [0.15, 0.2) is 17.5 Å². The second-order valence-corrected chi connectivity index (χ2v) is 4.12. The molecule has 6 heteroatoms. The summed E-state index contributed by atoms with van der Waals surface area (Å²) < 4.78 is 13.6. The maximum Gasteiger partial charge on any atom is 0.489 e. The summed E-state index contributed by atoms with van der Waals surface area (Å²) in [5.41, 5.74) is 0.284. The molecular formula is C8H5BClFO2S. The number of rotatable bonds is 1. The minimum Gasteiger partial charge on any atom is -0.423 e. The van der Waals surface area contributed by atoms with Crippen molar-refractivity contribution in [2.75, 3.05) is 0 Å². The molecule has 0 amide bonds. The van der Waals surface area contributed by atoms with Gasteiger partial charge in [-0.2, -0.15) is 0 Å². The minimum absolute atomic E-state index is 0.284. The van der Waals surface area contributed by atoms with E-state index in [0.717, 1.165) is 0 Å². The lowest BCUT2D eigenvalue weighted by atomic mass is 9.80. The third-order valence-electron chi connectivity index (χ3n) is 1.90. The number of hydrogen-bond acceptors (Lipinski definition) is 3. The Kier molecular flexibility index (Phi) is 2.49. The lowest BCUT2D eigenvalue weighted by molar-refractivity contribution is 0.426. The second-order valence-electron chi connectivity index (χ2n) is 2.83. The van der Waals surface area contributed by atoms with Gasteiger partial charge in [0, 0.05) is 5.46 Å². The highest BCUT2D eigenvalue weighted by Crippen LogP contribution is 2.28. The van der Waals surface area contributed by atoms with E-state index in [1.54, 1.807) is 5.38 Å². The average molecular weight is 230 g/mol. The molecule has 0 aliphatic rings. The van der Waals surface area contributed by atoms with Gasteiger partial charge in [0.05, 0.1) is 9.72 Å². The van der Waals surface area contributed by atoms with Crippen LogP contribution in [0.4, 0.5) is 4.39 Å². The summed E-state index contributed by atoms with van der Waals surface area (Å²) in [6, 6.07) is 2.44. The summed E-state index contributed by atoms with van der Waals surface area (Å²) in [7, 11) is -1.60. The molecule has 1 aromatic heterocycles. The van der Waals surface area contributed by atoms with Crippen LogP contribution in [-0.2, 0) is 0 Å². The zero-order valence-corrected chi connectivity index (χ0v) is 8.44. The number of benzene rings is 1. The quantitative estimate of drug-likeness (QED) is 0.727. The van der Waals surface area contributed by atoms with Crippen LogP contribution in [0.3, 0.4) is 0 Å². The molecule has 0 atom stereocenters. The summed E-state index contributed by atoms with van der Waals surface area (Å²) in [4.78, 5) is 0. The Hall–Kier alpha value is -0.615. The molecule has 72 valence electrons. The Morgan fingerprint density at radius 2 is 2.07 bits per heavy atom. The van der Waals surface area contributed by atoms with Gasteiger partial charge >= 0.3 is 7.12 Å². The van der Waals surface area contributed by atoms with Crippen molar-refractivity contribution in [2.24, 2.45) is 0 Å². The Morgan fingerprint density at radius 1 is 1.36 bits per heavy atom. The molecule has 0 spiro atoms. The zero-order valence-electron chi connectivity index (χ0n) is 6.87. The van der Waals surface area contributed by atoms with Gasteiger partial charge in [-0.3, -0.25) is 0 Å². The highest BCUT2D eigenvalue weighted by Gasteiger charge is 2.18. The molecule has 2 nitrogen and oxygen atoms in total. The standard InChI is InChI=1S/C8H5BClFO2S/c10-7-2-4(11)1-5-6(9(12)13)3-14-8(5)7/h1-3,12-13H. The highest BCUT2D eigenvalue weighted by atomic mass is 35.5. The molecule has 14 heavy (non-hydrogen) atoms. The van der Waals surface area contributed by atoms with Crippen LogP contribution >= 0.6 is 22.9 Å². The van der Waals surface area contributed by atoms with E-state index < -0.39 is 12.9 Å². The van der Waals surface area contributed by atoms with Gasteiger partial charge in [0.2, 0.25) is 0 Å². The minimum atomic E-state index is -1.60. The Balaban J connectivity index is 2.78. The van der Waals surface area contributed by atoms with Gasteiger partial charge in [-0.1, -0.05) is 11.6 Å². The molecule has 0 radical (unpaired) electrons. The summed E-state index contributed by atoms with van der Waals surface area (Å²) in [6.45, 7) is 0. The van der Waals surface area contributed by atoms with E-state index in [2.05, 4.69) is 0 Å². The maximum atomic E-state index is 13.0. The molecule has 0 fully saturated rings. The predicted octanol–water partition coefficient (Wildman–Crippen LogP) is 1.37. The topological polar surface area (TPSA) is 40.5 Å². The van der Waals surface area contributed by atoms with E-state index in [-0.39, 0.29) is 10.5 Å². The Labute approximate surface area is 88.7 Å². The molecular weight excluding hydrogens is 225 g/mol. The van der Waals surface area contributed by atoms with Crippen LogP contribution in [-0.4, -0.2) is 17.2 Å². The van der Waals surface area contributed by atoms with Crippen LogP contribution < -0.4 is 5.46 Å². The van der Waals surface area contributed by atoms with Crippen molar-refractivity contribution in [3.05, 3.63) is 28.4 Å². The molecule has 2 rings (SSSR count). The van der Waals surface area contributed by atoms with Crippen molar-refractivity contribution >= 4 is 45.6 Å². The van der Waals surface area contributed by atoms with E-state index in [9.17, 15) is 4.39 Å². The van der Waals surface area contributed by atoms with E-state index in [1.165, 1.54) is 23.5 Å². The van der Waals surface area contributed by atoms with Crippen molar-refractivity contribution in [1.82, 2.24) is 0 Å². The number of thiophene rings is 1. The molecule has 0 unspecified atom stereocenters. The van der Waals surface area contributed by atoms with Gasteiger partial charge in [0.1, 0.15) is 5.82 Å². The fourth-order valence-electron chi connectivity index (χ4n) is 1.28.